The van der Waals surface area contributed by atoms with Gasteiger partial charge in [-0.15, -0.1) is 0 Å². The average molecular weight is 644 g/mol. The van der Waals surface area contributed by atoms with E-state index in [-0.39, 0.29) is 0 Å². The van der Waals surface area contributed by atoms with Crippen LogP contribution in [0.25, 0.3) is 61.4 Å². The van der Waals surface area contributed by atoms with E-state index in [1.54, 1.807) is 0 Å². The lowest BCUT2D eigenvalue weighted by molar-refractivity contribution is 1.07. The van der Waals surface area contributed by atoms with Crippen molar-refractivity contribution in [1.29, 1.82) is 0 Å². The quantitative estimate of drug-likeness (QED) is 0.132. The van der Waals surface area contributed by atoms with Crippen LogP contribution in [0, 0.1) is 0 Å². The van der Waals surface area contributed by atoms with Gasteiger partial charge in [-0.1, -0.05) is 170 Å². The Kier molecular flexibility index (Phi) is 8.44. The maximum absolute atomic E-state index is 6.89. The number of nitrogens with two attached hydrogens (primary N) is 1. The molecule has 50 heavy (non-hydrogen) atoms. The van der Waals surface area contributed by atoms with Gasteiger partial charge in [0.15, 0.2) is 17.5 Å². The molecule has 0 fully saturated rings. The number of allylic oxidation sites excluding steroid dienone is 1. The molecule has 0 aliphatic heterocycles. The highest BCUT2D eigenvalue weighted by atomic mass is 15.0. The Morgan fingerprint density at radius 3 is 1.50 bits per heavy atom. The van der Waals surface area contributed by atoms with Crippen LogP contribution < -0.4 is 5.73 Å². The number of rotatable bonds is 8. The van der Waals surface area contributed by atoms with Crippen LogP contribution >= 0.6 is 0 Å². The van der Waals surface area contributed by atoms with E-state index in [4.69, 9.17) is 25.7 Å². The first-order valence-electron chi connectivity index (χ1n) is 16.6. The van der Waals surface area contributed by atoms with Crippen molar-refractivity contribution in [3.8, 4) is 34.2 Å². The molecule has 238 valence electrons. The van der Waals surface area contributed by atoms with Gasteiger partial charge in [0.05, 0.1) is 12.3 Å². The van der Waals surface area contributed by atoms with E-state index in [9.17, 15) is 0 Å². The van der Waals surface area contributed by atoms with Crippen molar-refractivity contribution in [3.63, 3.8) is 0 Å². The van der Waals surface area contributed by atoms with Gasteiger partial charge in [0.2, 0.25) is 0 Å². The maximum Gasteiger partial charge on any atom is 0.165 e. The van der Waals surface area contributed by atoms with E-state index < -0.39 is 0 Å². The fraction of sp³-hybridized carbons (Fsp3) is 0.0222. The first-order valence-corrected chi connectivity index (χ1v) is 16.6. The minimum absolute atomic E-state index is 0.469. The third-order valence-electron chi connectivity index (χ3n) is 8.79. The summed E-state index contributed by atoms with van der Waals surface area (Å²) in [5.74, 6) is 1.76. The molecule has 0 saturated heterocycles. The second kappa shape index (κ2) is 13.8. The van der Waals surface area contributed by atoms with Gasteiger partial charge in [0.25, 0.3) is 0 Å². The van der Waals surface area contributed by atoms with E-state index in [0.717, 1.165) is 60.6 Å². The molecule has 0 saturated carbocycles. The summed E-state index contributed by atoms with van der Waals surface area (Å²) < 4.78 is 0. The fourth-order valence-corrected chi connectivity index (χ4v) is 6.38. The van der Waals surface area contributed by atoms with Crippen molar-refractivity contribution in [2.24, 2.45) is 10.7 Å². The van der Waals surface area contributed by atoms with Gasteiger partial charge >= 0.3 is 0 Å². The summed E-state index contributed by atoms with van der Waals surface area (Å²) in [4.78, 5) is 20.8. The van der Waals surface area contributed by atoms with Gasteiger partial charge < -0.3 is 5.73 Å². The molecule has 0 unspecified atom stereocenters. The number of aromatic nitrogens is 3. The molecule has 0 radical (unpaired) electrons. The van der Waals surface area contributed by atoms with E-state index in [1.165, 1.54) is 0 Å². The summed E-state index contributed by atoms with van der Waals surface area (Å²) in [5.41, 5.74) is 13.9. The Labute approximate surface area is 291 Å². The third kappa shape index (κ3) is 6.16. The Bertz CT molecular complexity index is 2430. The van der Waals surface area contributed by atoms with Crippen LogP contribution in [-0.4, -0.2) is 20.7 Å². The van der Waals surface area contributed by atoms with Gasteiger partial charge in [-0.25, -0.2) is 15.0 Å². The molecule has 0 bridgehead atoms. The first kappa shape index (κ1) is 30.6. The Hall–Kier alpha value is -6.72. The lowest BCUT2D eigenvalue weighted by atomic mass is 9.88. The average Bonchev–Trinajstić information content (AvgIpc) is 3.20. The Balaban J connectivity index is 1.48. The molecule has 5 nitrogen and oxygen atoms in total. The molecular formula is C45H33N5. The second-order valence-electron chi connectivity index (χ2n) is 12.0. The van der Waals surface area contributed by atoms with Gasteiger partial charge in [0, 0.05) is 28.0 Å². The molecule has 0 aliphatic rings. The predicted octanol–water partition coefficient (Wildman–Crippen LogP) is 10.2. The van der Waals surface area contributed by atoms with Crippen molar-refractivity contribution in [3.05, 3.63) is 193 Å². The summed E-state index contributed by atoms with van der Waals surface area (Å²) in [6.07, 6.45) is 2.00. The number of hydrogen-bond donors (Lipinski definition) is 1. The van der Waals surface area contributed by atoms with Crippen molar-refractivity contribution < 1.29 is 0 Å². The molecule has 0 amide bonds. The number of nitrogens with zero attached hydrogens (tertiary/aromatic N) is 4. The fourth-order valence-electron chi connectivity index (χ4n) is 6.38. The predicted molar refractivity (Wildman–Crippen MR) is 206 cm³/mol. The highest BCUT2D eigenvalue weighted by molar-refractivity contribution is 6.28. The molecule has 1 heterocycles. The summed E-state index contributed by atoms with van der Waals surface area (Å²) in [5, 5.41) is 4.27. The summed E-state index contributed by atoms with van der Waals surface area (Å²) in [7, 11) is 0. The molecule has 8 rings (SSSR count). The maximum atomic E-state index is 6.89. The van der Waals surface area contributed by atoms with Crippen LogP contribution in [0.1, 0.15) is 16.7 Å². The zero-order valence-electron chi connectivity index (χ0n) is 27.3. The second-order valence-corrected chi connectivity index (χ2v) is 12.0. The number of aliphatic imine (C=N–C) groups is 1. The Morgan fingerprint density at radius 2 is 0.920 bits per heavy atom. The highest BCUT2D eigenvalue weighted by Crippen LogP contribution is 2.40. The summed E-state index contributed by atoms with van der Waals surface area (Å²) in [6, 6.07) is 57.4. The number of hydrogen-bond acceptors (Lipinski definition) is 5. The summed E-state index contributed by atoms with van der Waals surface area (Å²) >= 11 is 0. The van der Waals surface area contributed by atoms with E-state index >= 15 is 0 Å². The molecule has 8 aromatic rings. The normalized spacial score (nSPS) is 12.0. The molecule has 1 aromatic heterocycles. The monoisotopic (exact) mass is 643 g/mol. The minimum Gasteiger partial charge on any atom is -0.398 e. The SMILES string of the molecule is N/C(=C\C(=NCc1ccccc1)c1c(-c2nc(-c3ccccc3)nc(-c3ccccc3)n2)c2ccccc2c2ccccc12)c1ccccc1. The zero-order valence-corrected chi connectivity index (χ0v) is 27.3. The molecular weight excluding hydrogens is 611 g/mol. The first-order chi connectivity index (χ1) is 24.7. The number of benzene rings is 7. The van der Waals surface area contributed by atoms with Crippen LogP contribution in [0.5, 0.6) is 0 Å². The van der Waals surface area contributed by atoms with E-state index in [1.807, 2.05) is 115 Å². The number of fused-ring (bicyclic) bond motifs is 3. The van der Waals surface area contributed by atoms with Crippen LogP contribution in [0.2, 0.25) is 0 Å². The van der Waals surface area contributed by atoms with E-state index in [0.29, 0.717) is 29.7 Å². The third-order valence-corrected chi connectivity index (χ3v) is 8.79. The minimum atomic E-state index is 0.469. The van der Waals surface area contributed by atoms with Gasteiger partial charge in [0.1, 0.15) is 0 Å². The van der Waals surface area contributed by atoms with Crippen LogP contribution in [-0.2, 0) is 6.54 Å². The van der Waals surface area contributed by atoms with Crippen LogP contribution in [0.4, 0.5) is 0 Å². The largest absolute Gasteiger partial charge is 0.398 e. The molecule has 2 N–H and O–H groups in total. The van der Waals surface area contributed by atoms with Gasteiger partial charge in [-0.2, -0.15) is 0 Å². The molecule has 0 atom stereocenters. The van der Waals surface area contributed by atoms with Crippen molar-refractivity contribution in [2.45, 2.75) is 6.54 Å². The topological polar surface area (TPSA) is 77.0 Å². The molecule has 5 heteroatoms. The standard InChI is InChI=1S/C45H33N5/c46-39(32-19-7-2-8-20-32)29-40(47-30-31-17-5-1-6-18-31)41-37-27-15-13-25-35(37)36-26-14-16-28-38(36)42(41)45-49-43(33-21-9-3-10-22-33)48-44(50-45)34-23-11-4-12-24-34/h1-29H,30,46H2/b39-29-,47-40?. The van der Waals surface area contributed by atoms with Crippen molar-refractivity contribution in [2.75, 3.05) is 0 Å². The lowest BCUT2D eigenvalue weighted by Gasteiger charge is -2.19. The van der Waals surface area contributed by atoms with Gasteiger partial charge in [-0.05, 0) is 38.7 Å². The van der Waals surface area contributed by atoms with Crippen molar-refractivity contribution in [1.82, 2.24) is 15.0 Å². The molecule has 7 aromatic carbocycles. The van der Waals surface area contributed by atoms with Crippen LogP contribution in [0.15, 0.2) is 181 Å². The Morgan fingerprint density at radius 1 is 0.480 bits per heavy atom. The smallest absolute Gasteiger partial charge is 0.165 e. The summed E-state index contributed by atoms with van der Waals surface area (Å²) in [6.45, 7) is 0.469. The molecule has 0 spiro atoms. The van der Waals surface area contributed by atoms with Crippen molar-refractivity contribution >= 4 is 33.0 Å². The van der Waals surface area contributed by atoms with Crippen LogP contribution in [0.3, 0.4) is 0 Å². The molecule has 0 aliphatic carbocycles. The lowest BCUT2D eigenvalue weighted by Crippen LogP contribution is -2.09. The van der Waals surface area contributed by atoms with Gasteiger partial charge in [-0.3, -0.25) is 4.99 Å². The zero-order chi connectivity index (χ0) is 33.7. The van der Waals surface area contributed by atoms with E-state index in [2.05, 4.69) is 60.7 Å². The highest BCUT2D eigenvalue weighted by Gasteiger charge is 2.23.